The van der Waals surface area contributed by atoms with Crippen molar-refractivity contribution in [1.29, 1.82) is 0 Å². The van der Waals surface area contributed by atoms with Gasteiger partial charge in [0.05, 0.1) is 5.69 Å². The molecule has 2 nitrogen and oxygen atoms in total. The van der Waals surface area contributed by atoms with Gasteiger partial charge in [-0.15, -0.1) is 0 Å². The van der Waals surface area contributed by atoms with Gasteiger partial charge in [0, 0.05) is 25.2 Å². The lowest BCUT2D eigenvalue weighted by molar-refractivity contribution is 0.360. The molecule has 1 saturated carbocycles. The number of hydrogen-bond acceptors (Lipinski definition) is 2. The summed E-state index contributed by atoms with van der Waals surface area (Å²) in [5.74, 6) is 0.570. The number of benzene rings is 1. The predicted molar refractivity (Wildman–Crippen MR) is 81.5 cm³/mol. The number of nitrogens with one attached hydrogen (secondary N) is 1. The Bertz CT molecular complexity index is 470. The summed E-state index contributed by atoms with van der Waals surface area (Å²) in [7, 11) is 0. The van der Waals surface area contributed by atoms with Crippen LogP contribution in [0.25, 0.3) is 0 Å². The Kier molecular flexibility index (Phi) is 3.97. The smallest absolute Gasteiger partial charge is 0.146 e. The molecule has 20 heavy (non-hydrogen) atoms. The van der Waals surface area contributed by atoms with E-state index in [9.17, 15) is 4.39 Å². The van der Waals surface area contributed by atoms with E-state index in [1.165, 1.54) is 19.3 Å². The SMILES string of the molecule is CC1CCCN(c2ccc(CNC3CC3)cc2F)C1C. The van der Waals surface area contributed by atoms with Gasteiger partial charge in [-0.2, -0.15) is 0 Å². The zero-order chi connectivity index (χ0) is 14.1. The summed E-state index contributed by atoms with van der Waals surface area (Å²) in [4.78, 5) is 2.24. The first-order valence-electron chi connectivity index (χ1n) is 7.93. The van der Waals surface area contributed by atoms with E-state index in [2.05, 4.69) is 30.1 Å². The molecule has 110 valence electrons. The maximum absolute atomic E-state index is 14.4. The molecular formula is C17H25FN2. The maximum atomic E-state index is 14.4. The standard InChI is InChI=1S/C17H25FN2/c1-12-4-3-9-20(13(12)2)17-8-5-14(10-16(17)18)11-19-15-6-7-15/h5,8,10,12-13,15,19H,3-4,6-7,9,11H2,1-2H3. The molecule has 0 spiro atoms. The summed E-state index contributed by atoms with van der Waals surface area (Å²) in [5, 5.41) is 3.43. The molecule has 0 aromatic heterocycles. The third kappa shape index (κ3) is 2.98. The number of piperidine rings is 1. The zero-order valence-corrected chi connectivity index (χ0v) is 12.5. The number of anilines is 1. The molecular weight excluding hydrogens is 251 g/mol. The van der Waals surface area contributed by atoms with Crippen molar-refractivity contribution in [3.8, 4) is 0 Å². The van der Waals surface area contributed by atoms with Crippen LogP contribution in [0.15, 0.2) is 18.2 Å². The number of nitrogens with zero attached hydrogens (tertiary/aromatic N) is 1. The highest BCUT2D eigenvalue weighted by Crippen LogP contribution is 2.30. The van der Waals surface area contributed by atoms with E-state index in [0.29, 0.717) is 18.0 Å². The monoisotopic (exact) mass is 276 g/mol. The van der Waals surface area contributed by atoms with Crippen molar-refractivity contribution >= 4 is 5.69 Å². The van der Waals surface area contributed by atoms with E-state index in [-0.39, 0.29) is 5.82 Å². The van der Waals surface area contributed by atoms with E-state index in [0.717, 1.165) is 30.8 Å². The topological polar surface area (TPSA) is 15.3 Å². The molecule has 1 aromatic carbocycles. The molecule has 3 heteroatoms. The van der Waals surface area contributed by atoms with Crippen LogP contribution in [0, 0.1) is 11.7 Å². The van der Waals surface area contributed by atoms with E-state index in [1.54, 1.807) is 6.07 Å². The minimum Gasteiger partial charge on any atom is -0.366 e. The Labute approximate surface area is 121 Å². The fourth-order valence-electron chi connectivity index (χ4n) is 3.12. The molecule has 2 aliphatic rings. The van der Waals surface area contributed by atoms with Gasteiger partial charge in [-0.25, -0.2) is 4.39 Å². The van der Waals surface area contributed by atoms with Crippen LogP contribution in [0.3, 0.4) is 0 Å². The Hall–Kier alpha value is -1.09. The lowest BCUT2D eigenvalue weighted by Crippen LogP contribution is -2.42. The van der Waals surface area contributed by atoms with E-state index < -0.39 is 0 Å². The summed E-state index contributed by atoms with van der Waals surface area (Å²) in [6.45, 7) is 6.24. The predicted octanol–water partition coefficient (Wildman–Crippen LogP) is 3.70. The Morgan fingerprint density at radius 2 is 2.05 bits per heavy atom. The molecule has 3 rings (SSSR count). The van der Waals surface area contributed by atoms with Gasteiger partial charge in [0.1, 0.15) is 5.82 Å². The molecule has 1 heterocycles. The molecule has 0 amide bonds. The molecule has 1 N–H and O–H groups in total. The second-order valence-corrected chi connectivity index (χ2v) is 6.49. The average Bonchev–Trinajstić information content (AvgIpc) is 3.24. The molecule has 2 unspecified atom stereocenters. The van der Waals surface area contributed by atoms with Crippen molar-refractivity contribution in [2.75, 3.05) is 11.4 Å². The zero-order valence-electron chi connectivity index (χ0n) is 12.5. The summed E-state index contributed by atoms with van der Waals surface area (Å²) < 4.78 is 14.4. The fraction of sp³-hybridized carbons (Fsp3) is 0.647. The molecule has 0 radical (unpaired) electrons. The van der Waals surface area contributed by atoms with Crippen molar-refractivity contribution in [1.82, 2.24) is 5.32 Å². The highest BCUT2D eigenvalue weighted by molar-refractivity contribution is 5.50. The van der Waals surface area contributed by atoms with E-state index in [1.807, 2.05) is 6.07 Å². The first-order valence-corrected chi connectivity index (χ1v) is 7.93. The van der Waals surface area contributed by atoms with Gasteiger partial charge < -0.3 is 10.2 Å². The largest absolute Gasteiger partial charge is 0.366 e. The Morgan fingerprint density at radius 3 is 2.75 bits per heavy atom. The molecule has 1 aliphatic heterocycles. The lowest BCUT2D eigenvalue weighted by atomic mass is 9.91. The third-order valence-electron chi connectivity index (χ3n) is 4.87. The highest BCUT2D eigenvalue weighted by atomic mass is 19.1. The van der Waals surface area contributed by atoms with Gasteiger partial charge in [0.15, 0.2) is 0 Å². The first-order chi connectivity index (χ1) is 9.65. The lowest BCUT2D eigenvalue weighted by Gasteiger charge is -2.39. The summed E-state index contributed by atoms with van der Waals surface area (Å²) >= 11 is 0. The highest BCUT2D eigenvalue weighted by Gasteiger charge is 2.26. The molecule has 2 atom stereocenters. The van der Waals surface area contributed by atoms with Gasteiger partial charge >= 0.3 is 0 Å². The van der Waals surface area contributed by atoms with Crippen LogP contribution < -0.4 is 10.2 Å². The van der Waals surface area contributed by atoms with Gasteiger partial charge in [0.25, 0.3) is 0 Å². The van der Waals surface area contributed by atoms with Crippen LogP contribution in [-0.4, -0.2) is 18.6 Å². The summed E-state index contributed by atoms with van der Waals surface area (Å²) in [6, 6.07) is 6.83. The summed E-state index contributed by atoms with van der Waals surface area (Å²) in [6.07, 6.45) is 4.95. The number of rotatable bonds is 4. The Morgan fingerprint density at radius 1 is 1.25 bits per heavy atom. The second-order valence-electron chi connectivity index (χ2n) is 6.49. The summed E-state index contributed by atoms with van der Waals surface area (Å²) in [5.41, 5.74) is 1.83. The van der Waals surface area contributed by atoms with Crippen molar-refractivity contribution < 1.29 is 4.39 Å². The van der Waals surface area contributed by atoms with Crippen LogP contribution in [0.5, 0.6) is 0 Å². The molecule has 0 bridgehead atoms. The first kappa shape index (κ1) is 13.9. The maximum Gasteiger partial charge on any atom is 0.146 e. The van der Waals surface area contributed by atoms with Crippen molar-refractivity contribution in [3.05, 3.63) is 29.6 Å². The second kappa shape index (κ2) is 5.72. The van der Waals surface area contributed by atoms with Crippen molar-refractivity contribution in [2.45, 2.75) is 58.2 Å². The third-order valence-corrected chi connectivity index (χ3v) is 4.87. The molecule has 1 aliphatic carbocycles. The Balaban J connectivity index is 1.72. The normalized spacial score (nSPS) is 26.9. The van der Waals surface area contributed by atoms with Gasteiger partial charge in [-0.05, 0) is 56.2 Å². The fourth-order valence-corrected chi connectivity index (χ4v) is 3.12. The average molecular weight is 276 g/mol. The quantitative estimate of drug-likeness (QED) is 0.902. The van der Waals surface area contributed by atoms with Crippen LogP contribution >= 0.6 is 0 Å². The van der Waals surface area contributed by atoms with Crippen LogP contribution in [0.1, 0.15) is 45.1 Å². The van der Waals surface area contributed by atoms with Gasteiger partial charge in [-0.3, -0.25) is 0 Å². The van der Waals surface area contributed by atoms with E-state index >= 15 is 0 Å². The van der Waals surface area contributed by atoms with Gasteiger partial charge in [0.2, 0.25) is 0 Å². The molecule has 1 saturated heterocycles. The number of hydrogen-bond donors (Lipinski definition) is 1. The number of halogens is 1. The molecule has 2 fully saturated rings. The van der Waals surface area contributed by atoms with Crippen molar-refractivity contribution in [2.24, 2.45) is 5.92 Å². The van der Waals surface area contributed by atoms with Crippen LogP contribution in [-0.2, 0) is 6.54 Å². The van der Waals surface area contributed by atoms with Gasteiger partial charge in [-0.1, -0.05) is 13.0 Å². The molecule has 1 aromatic rings. The van der Waals surface area contributed by atoms with Crippen LogP contribution in [0.4, 0.5) is 10.1 Å². The minimum atomic E-state index is -0.0685. The minimum absolute atomic E-state index is 0.0685. The van der Waals surface area contributed by atoms with Crippen molar-refractivity contribution in [3.63, 3.8) is 0 Å². The van der Waals surface area contributed by atoms with E-state index in [4.69, 9.17) is 0 Å². The van der Waals surface area contributed by atoms with Crippen LogP contribution in [0.2, 0.25) is 0 Å².